The Morgan fingerprint density at radius 2 is 2.17 bits per heavy atom. The van der Waals surface area contributed by atoms with E-state index in [1.165, 1.54) is 11.3 Å². The maximum Gasteiger partial charge on any atom is 0.211 e. The fourth-order valence-electron chi connectivity index (χ4n) is 1.40. The van der Waals surface area contributed by atoms with E-state index >= 15 is 0 Å². The average Bonchev–Trinajstić information content (AvgIpc) is 2.94. The molecule has 0 aliphatic heterocycles. The molecule has 2 rings (SSSR count). The predicted molar refractivity (Wildman–Crippen MR) is 72.5 cm³/mol. The average molecular weight is 263 g/mol. The lowest BCUT2D eigenvalue weighted by Crippen LogP contribution is -2.22. The van der Waals surface area contributed by atoms with Gasteiger partial charge in [-0.05, 0) is 19.9 Å². The molecule has 5 N–H and O–H groups in total. The highest BCUT2D eigenvalue weighted by atomic mass is 32.1. The number of hydrogen-bond donors (Lipinski definition) is 3. The molecule has 8 heteroatoms. The number of guanidine groups is 1. The van der Waals surface area contributed by atoms with Gasteiger partial charge in [0.25, 0.3) is 0 Å². The third-order valence-electron chi connectivity index (χ3n) is 2.17. The molecule has 2 aromatic heterocycles. The van der Waals surface area contributed by atoms with Crippen molar-refractivity contribution in [3.63, 3.8) is 0 Å². The van der Waals surface area contributed by atoms with Gasteiger partial charge in [0.15, 0.2) is 0 Å². The van der Waals surface area contributed by atoms with E-state index in [1.807, 2.05) is 19.9 Å². The van der Waals surface area contributed by atoms with E-state index < -0.39 is 0 Å². The second kappa shape index (κ2) is 4.96. The maximum absolute atomic E-state index is 5.23. The summed E-state index contributed by atoms with van der Waals surface area (Å²) in [5.74, 6) is -0.0645. The Morgan fingerprint density at radius 1 is 1.39 bits per heavy atom. The van der Waals surface area contributed by atoms with Crippen LogP contribution in [0, 0.1) is 6.92 Å². The largest absolute Gasteiger partial charge is 0.369 e. The Balaban J connectivity index is 2.36. The van der Waals surface area contributed by atoms with E-state index in [0.29, 0.717) is 0 Å². The van der Waals surface area contributed by atoms with Crippen molar-refractivity contribution in [3.8, 4) is 10.7 Å². The van der Waals surface area contributed by atoms with Crippen molar-refractivity contribution in [1.29, 1.82) is 0 Å². The molecule has 0 aliphatic carbocycles. The fraction of sp³-hybridized carbons (Fsp3) is 0.200. The molecule has 0 bridgehead atoms. The van der Waals surface area contributed by atoms with Crippen LogP contribution in [-0.2, 0) is 0 Å². The molecular formula is C10H13N7S. The van der Waals surface area contributed by atoms with Crippen molar-refractivity contribution >= 4 is 23.0 Å². The molecule has 94 valence electrons. The zero-order chi connectivity index (χ0) is 13.1. The van der Waals surface area contributed by atoms with Crippen LogP contribution in [0.25, 0.3) is 10.7 Å². The summed E-state index contributed by atoms with van der Waals surface area (Å²) in [7, 11) is 0. The van der Waals surface area contributed by atoms with Crippen LogP contribution in [0.3, 0.4) is 0 Å². The number of nitrogens with one attached hydrogen (secondary N) is 1. The Morgan fingerprint density at radius 3 is 2.78 bits per heavy atom. The molecule has 18 heavy (non-hydrogen) atoms. The third-order valence-corrected chi connectivity index (χ3v) is 3.47. The summed E-state index contributed by atoms with van der Waals surface area (Å²) in [5.41, 5.74) is 13.0. The van der Waals surface area contributed by atoms with Crippen LogP contribution >= 0.6 is 11.3 Å². The van der Waals surface area contributed by atoms with Gasteiger partial charge in [0.1, 0.15) is 5.01 Å². The number of aromatic amines is 1. The van der Waals surface area contributed by atoms with Crippen molar-refractivity contribution in [1.82, 2.24) is 15.2 Å². The van der Waals surface area contributed by atoms with Gasteiger partial charge < -0.3 is 11.5 Å². The van der Waals surface area contributed by atoms with Crippen LogP contribution in [0.2, 0.25) is 0 Å². The Bertz CT molecular complexity index is 590. The summed E-state index contributed by atoms with van der Waals surface area (Å²) < 4.78 is 0. The zero-order valence-electron chi connectivity index (χ0n) is 10.0. The number of nitrogens with zero attached hydrogens (tertiary/aromatic N) is 4. The minimum absolute atomic E-state index is 0.0645. The van der Waals surface area contributed by atoms with Crippen LogP contribution in [0.5, 0.6) is 0 Å². The number of rotatable bonds is 3. The van der Waals surface area contributed by atoms with E-state index in [2.05, 4.69) is 25.4 Å². The summed E-state index contributed by atoms with van der Waals surface area (Å²) in [4.78, 5) is 5.41. The lowest BCUT2D eigenvalue weighted by molar-refractivity contribution is 1.09. The van der Waals surface area contributed by atoms with Crippen molar-refractivity contribution in [3.05, 3.63) is 22.8 Å². The first-order chi connectivity index (χ1) is 8.58. The van der Waals surface area contributed by atoms with E-state index in [4.69, 9.17) is 11.5 Å². The summed E-state index contributed by atoms with van der Waals surface area (Å²) in [6.45, 7) is 3.75. The van der Waals surface area contributed by atoms with Gasteiger partial charge in [-0.2, -0.15) is 10.2 Å². The number of thiazole rings is 1. The van der Waals surface area contributed by atoms with Gasteiger partial charge in [0.2, 0.25) is 5.96 Å². The summed E-state index contributed by atoms with van der Waals surface area (Å²) in [6, 6.07) is 1.87. The molecule has 7 nitrogen and oxygen atoms in total. The molecule has 0 fully saturated rings. The van der Waals surface area contributed by atoms with Gasteiger partial charge in [0, 0.05) is 6.20 Å². The quantitative estimate of drug-likeness (QED) is 0.432. The maximum atomic E-state index is 5.23. The summed E-state index contributed by atoms with van der Waals surface area (Å²) in [5, 5.41) is 15.2. The second-order valence-corrected chi connectivity index (χ2v) is 4.61. The van der Waals surface area contributed by atoms with Crippen molar-refractivity contribution in [2.24, 2.45) is 21.7 Å². The number of nitrogens with two attached hydrogens (primary N) is 2. The SMILES string of the molecule is CC(=NN=C(N)N)c1sc(-c2ccn[nH]2)nc1C. The highest BCUT2D eigenvalue weighted by Crippen LogP contribution is 2.26. The summed E-state index contributed by atoms with van der Waals surface area (Å²) >= 11 is 1.51. The highest BCUT2D eigenvalue weighted by Gasteiger charge is 2.12. The molecule has 2 heterocycles. The van der Waals surface area contributed by atoms with Crippen LogP contribution < -0.4 is 11.5 Å². The topological polar surface area (TPSA) is 118 Å². The lowest BCUT2D eigenvalue weighted by Gasteiger charge is -1.94. The number of hydrogen-bond acceptors (Lipinski definition) is 5. The normalized spacial score (nSPS) is 11.6. The highest BCUT2D eigenvalue weighted by molar-refractivity contribution is 7.17. The van der Waals surface area contributed by atoms with Crippen molar-refractivity contribution < 1.29 is 0 Å². The molecule has 0 atom stereocenters. The standard InChI is InChI=1S/C10H13N7S/c1-5-8(6(2)15-17-10(11)12)18-9(14-5)7-3-4-13-16-7/h3-4H,1-2H3,(H,13,16)(H4,11,12,17). The first kappa shape index (κ1) is 12.2. The van der Waals surface area contributed by atoms with Crippen molar-refractivity contribution in [2.45, 2.75) is 13.8 Å². The molecule has 0 amide bonds. The van der Waals surface area contributed by atoms with E-state index in [9.17, 15) is 0 Å². The minimum Gasteiger partial charge on any atom is -0.369 e. The molecule has 0 radical (unpaired) electrons. The lowest BCUT2D eigenvalue weighted by atomic mass is 10.3. The molecule has 0 unspecified atom stereocenters. The van der Waals surface area contributed by atoms with Gasteiger partial charge in [-0.25, -0.2) is 4.98 Å². The van der Waals surface area contributed by atoms with Crippen LogP contribution in [0.1, 0.15) is 17.5 Å². The summed E-state index contributed by atoms with van der Waals surface area (Å²) in [6.07, 6.45) is 1.69. The molecule has 0 spiro atoms. The minimum atomic E-state index is -0.0645. The van der Waals surface area contributed by atoms with Gasteiger partial charge in [-0.1, -0.05) is 0 Å². The predicted octanol–water partition coefficient (Wildman–Crippen LogP) is 0.839. The fourth-order valence-corrected chi connectivity index (χ4v) is 2.38. The van der Waals surface area contributed by atoms with Gasteiger partial charge >= 0.3 is 0 Å². The molecule has 2 aromatic rings. The zero-order valence-corrected chi connectivity index (χ0v) is 10.8. The first-order valence-corrected chi connectivity index (χ1v) is 6.00. The number of aryl methyl sites for hydroxylation is 1. The van der Waals surface area contributed by atoms with E-state index in [0.717, 1.165) is 27.0 Å². The van der Waals surface area contributed by atoms with Crippen molar-refractivity contribution in [2.75, 3.05) is 0 Å². The first-order valence-electron chi connectivity index (χ1n) is 5.18. The molecule has 0 aliphatic rings. The molecule has 0 aromatic carbocycles. The molecule has 0 saturated heterocycles. The monoisotopic (exact) mass is 263 g/mol. The Hall–Kier alpha value is -2.22. The molecular weight excluding hydrogens is 250 g/mol. The van der Waals surface area contributed by atoms with Gasteiger partial charge in [-0.15, -0.1) is 16.4 Å². The number of H-pyrrole nitrogens is 1. The van der Waals surface area contributed by atoms with Crippen LogP contribution in [0.4, 0.5) is 0 Å². The van der Waals surface area contributed by atoms with Crippen LogP contribution in [-0.4, -0.2) is 26.9 Å². The smallest absolute Gasteiger partial charge is 0.211 e. The van der Waals surface area contributed by atoms with Gasteiger partial charge in [0.05, 0.1) is 22.0 Å². The Labute approximate surface area is 108 Å². The van der Waals surface area contributed by atoms with Gasteiger partial charge in [-0.3, -0.25) is 5.10 Å². The van der Waals surface area contributed by atoms with E-state index in [-0.39, 0.29) is 5.96 Å². The third kappa shape index (κ3) is 2.54. The molecule has 0 saturated carbocycles. The second-order valence-electron chi connectivity index (χ2n) is 3.61. The van der Waals surface area contributed by atoms with E-state index in [1.54, 1.807) is 6.20 Å². The number of aromatic nitrogens is 3. The van der Waals surface area contributed by atoms with Crippen LogP contribution in [0.15, 0.2) is 22.5 Å². The Kier molecular flexibility index (Phi) is 3.38.